The molecule has 0 unspecified atom stereocenters. The van der Waals surface area contributed by atoms with Gasteiger partial charge in [0, 0.05) is 31.0 Å². The number of carbonyl (C=O) groups is 2. The van der Waals surface area contributed by atoms with E-state index in [0.29, 0.717) is 15.7 Å². The quantitative estimate of drug-likeness (QED) is 0.859. The van der Waals surface area contributed by atoms with Gasteiger partial charge in [-0.15, -0.1) is 0 Å². The van der Waals surface area contributed by atoms with Crippen molar-refractivity contribution in [1.29, 1.82) is 0 Å². The van der Waals surface area contributed by atoms with Crippen LogP contribution in [0.25, 0.3) is 0 Å². The molecule has 0 radical (unpaired) electrons. The summed E-state index contributed by atoms with van der Waals surface area (Å²) in [7, 11) is 0. The number of halogens is 2. The Morgan fingerprint density at radius 3 is 2.57 bits per heavy atom. The first-order valence-electron chi connectivity index (χ1n) is 8.00. The van der Waals surface area contributed by atoms with Gasteiger partial charge >= 0.3 is 0 Å². The maximum absolute atomic E-state index is 12.1. The van der Waals surface area contributed by atoms with Crippen LogP contribution in [0.4, 0.5) is 5.69 Å². The maximum Gasteiger partial charge on any atom is 0.223 e. The molecule has 1 fully saturated rings. The van der Waals surface area contributed by atoms with Crippen molar-refractivity contribution in [2.45, 2.75) is 51.5 Å². The molecule has 2 amide bonds. The van der Waals surface area contributed by atoms with Gasteiger partial charge in [0.25, 0.3) is 0 Å². The molecule has 2 rings (SSSR count). The second-order valence-corrected chi connectivity index (χ2v) is 6.76. The third-order valence-corrected chi connectivity index (χ3v) is 4.67. The Bertz CT molecular complexity index is 572. The second-order valence-electron chi connectivity index (χ2n) is 5.92. The molecule has 0 atom stereocenters. The highest BCUT2D eigenvalue weighted by Gasteiger charge is 2.19. The van der Waals surface area contributed by atoms with Gasteiger partial charge in [0.15, 0.2) is 0 Å². The van der Waals surface area contributed by atoms with Gasteiger partial charge in [-0.3, -0.25) is 9.59 Å². The summed E-state index contributed by atoms with van der Waals surface area (Å²) >= 11 is 12.1. The molecule has 1 aromatic rings. The Balaban J connectivity index is 1.95. The SMILES string of the molecule is CC(=O)N(CCC(=O)NC1CCCCC1)c1cc(Cl)ccc1Cl. The topological polar surface area (TPSA) is 49.4 Å². The smallest absolute Gasteiger partial charge is 0.223 e. The molecule has 0 aliphatic heterocycles. The van der Waals surface area contributed by atoms with Crippen LogP contribution in [0.15, 0.2) is 18.2 Å². The minimum absolute atomic E-state index is 0.0266. The van der Waals surface area contributed by atoms with Gasteiger partial charge in [-0.25, -0.2) is 0 Å². The van der Waals surface area contributed by atoms with Crippen molar-refractivity contribution in [2.24, 2.45) is 0 Å². The van der Waals surface area contributed by atoms with E-state index in [1.165, 1.54) is 31.1 Å². The zero-order chi connectivity index (χ0) is 16.8. The third-order valence-electron chi connectivity index (χ3n) is 4.11. The van der Waals surface area contributed by atoms with Crippen molar-refractivity contribution >= 4 is 40.7 Å². The molecule has 0 bridgehead atoms. The van der Waals surface area contributed by atoms with E-state index in [9.17, 15) is 9.59 Å². The highest BCUT2D eigenvalue weighted by Crippen LogP contribution is 2.29. The molecular formula is C17H22Cl2N2O2. The van der Waals surface area contributed by atoms with Crippen LogP contribution >= 0.6 is 23.2 Å². The summed E-state index contributed by atoms with van der Waals surface area (Å²) in [6.45, 7) is 1.74. The first kappa shape index (κ1) is 18.1. The maximum atomic E-state index is 12.1. The number of carbonyl (C=O) groups excluding carboxylic acids is 2. The number of amides is 2. The molecule has 1 N–H and O–H groups in total. The van der Waals surface area contributed by atoms with E-state index in [-0.39, 0.29) is 30.8 Å². The molecular weight excluding hydrogens is 335 g/mol. The number of nitrogens with zero attached hydrogens (tertiary/aromatic N) is 1. The zero-order valence-electron chi connectivity index (χ0n) is 13.3. The summed E-state index contributed by atoms with van der Waals surface area (Å²) < 4.78 is 0. The summed E-state index contributed by atoms with van der Waals surface area (Å²) in [5, 5.41) is 4.00. The monoisotopic (exact) mass is 356 g/mol. The number of benzene rings is 1. The van der Waals surface area contributed by atoms with Crippen LogP contribution in [0.2, 0.25) is 10.0 Å². The summed E-state index contributed by atoms with van der Waals surface area (Å²) in [5.74, 6) is -0.194. The molecule has 0 saturated heterocycles. The first-order chi connectivity index (χ1) is 11.0. The Labute approximate surface area is 147 Å². The predicted octanol–water partition coefficient (Wildman–Crippen LogP) is 4.19. The zero-order valence-corrected chi connectivity index (χ0v) is 14.8. The summed E-state index contributed by atoms with van der Waals surface area (Å²) in [4.78, 5) is 25.5. The molecule has 126 valence electrons. The van der Waals surface area contributed by atoms with Gasteiger partial charge in [-0.2, -0.15) is 0 Å². The second kappa shape index (κ2) is 8.55. The molecule has 6 heteroatoms. The van der Waals surface area contributed by atoms with Gasteiger partial charge in [-0.05, 0) is 31.0 Å². The van der Waals surface area contributed by atoms with Crippen LogP contribution in [0.3, 0.4) is 0 Å². The number of hydrogen-bond acceptors (Lipinski definition) is 2. The normalized spacial score (nSPS) is 15.3. The molecule has 1 aliphatic rings. The molecule has 23 heavy (non-hydrogen) atoms. The molecule has 4 nitrogen and oxygen atoms in total. The van der Waals surface area contributed by atoms with E-state index in [2.05, 4.69) is 5.32 Å². The van der Waals surface area contributed by atoms with Crippen molar-refractivity contribution in [3.8, 4) is 0 Å². The van der Waals surface area contributed by atoms with Crippen molar-refractivity contribution in [2.75, 3.05) is 11.4 Å². The Hall–Kier alpha value is -1.26. The molecule has 1 saturated carbocycles. The largest absolute Gasteiger partial charge is 0.353 e. The van der Waals surface area contributed by atoms with E-state index < -0.39 is 0 Å². The van der Waals surface area contributed by atoms with E-state index >= 15 is 0 Å². The van der Waals surface area contributed by atoms with E-state index in [1.807, 2.05) is 0 Å². The van der Waals surface area contributed by atoms with Crippen LogP contribution in [0, 0.1) is 0 Å². The van der Waals surface area contributed by atoms with Crippen molar-refractivity contribution in [1.82, 2.24) is 5.32 Å². The number of nitrogens with one attached hydrogen (secondary N) is 1. The van der Waals surface area contributed by atoms with Gasteiger partial charge < -0.3 is 10.2 Å². The summed E-state index contributed by atoms with van der Waals surface area (Å²) in [5.41, 5.74) is 0.539. The standard InChI is InChI=1S/C17H22Cl2N2O2/c1-12(22)21(16-11-13(18)7-8-15(16)19)10-9-17(23)20-14-5-3-2-4-6-14/h7-8,11,14H,2-6,9-10H2,1H3,(H,20,23). The van der Waals surface area contributed by atoms with Crippen LogP contribution in [-0.4, -0.2) is 24.4 Å². The fraction of sp³-hybridized carbons (Fsp3) is 0.529. The van der Waals surface area contributed by atoms with E-state index in [1.54, 1.807) is 18.2 Å². The number of rotatable bonds is 5. The summed E-state index contributed by atoms with van der Waals surface area (Å²) in [6.07, 6.45) is 5.92. The van der Waals surface area contributed by atoms with Gasteiger partial charge in [0.05, 0.1) is 10.7 Å². The lowest BCUT2D eigenvalue weighted by molar-refractivity contribution is -0.121. The highest BCUT2D eigenvalue weighted by molar-refractivity contribution is 6.35. The van der Waals surface area contributed by atoms with Crippen LogP contribution < -0.4 is 10.2 Å². The van der Waals surface area contributed by atoms with Crippen LogP contribution in [0.1, 0.15) is 45.4 Å². The lowest BCUT2D eigenvalue weighted by atomic mass is 9.95. The van der Waals surface area contributed by atoms with E-state index in [4.69, 9.17) is 23.2 Å². The molecule has 1 aromatic carbocycles. The van der Waals surface area contributed by atoms with Crippen molar-refractivity contribution in [3.63, 3.8) is 0 Å². The number of hydrogen-bond donors (Lipinski definition) is 1. The minimum Gasteiger partial charge on any atom is -0.353 e. The van der Waals surface area contributed by atoms with Gasteiger partial charge in [-0.1, -0.05) is 42.5 Å². The average Bonchev–Trinajstić information content (AvgIpc) is 2.51. The highest BCUT2D eigenvalue weighted by atomic mass is 35.5. The Morgan fingerprint density at radius 1 is 1.22 bits per heavy atom. The minimum atomic E-state index is -0.167. The Morgan fingerprint density at radius 2 is 1.91 bits per heavy atom. The first-order valence-corrected chi connectivity index (χ1v) is 8.75. The fourth-order valence-corrected chi connectivity index (χ4v) is 3.29. The molecule has 0 aromatic heterocycles. The van der Waals surface area contributed by atoms with E-state index in [0.717, 1.165) is 12.8 Å². The molecule has 0 spiro atoms. The molecule has 1 aliphatic carbocycles. The van der Waals surface area contributed by atoms with Crippen molar-refractivity contribution < 1.29 is 9.59 Å². The van der Waals surface area contributed by atoms with Crippen molar-refractivity contribution in [3.05, 3.63) is 28.2 Å². The third kappa shape index (κ3) is 5.40. The summed E-state index contributed by atoms with van der Waals surface area (Å²) in [6, 6.07) is 5.24. The van der Waals surface area contributed by atoms with Crippen LogP contribution in [0.5, 0.6) is 0 Å². The lowest BCUT2D eigenvalue weighted by Crippen LogP contribution is -2.39. The van der Waals surface area contributed by atoms with Gasteiger partial charge in [0.1, 0.15) is 0 Å². The van der Waals surface area contributed by atoms with Gasteiger partial charge in [0.2, 0.25) is 11.8 Å². The Kier molecular flexibility index (Phi) is 6.72. The average molecular weight is 357 g/mol. The fourth-order valence-electron chi connectivity index (χ4n) is 2.90. The molecule has 0 heterocycles. The lowest BCUT2D eigenvalue weighted by Gasteiger charge is -2.25. The van der Waals surface area contributed by atoms with Crippen LogP contribution in [-0.2, 0) is 9.59 Å². The number of anilines is 1. The predicted molar refractivity (Wildman–Crippen MR) is 94.1 cm³/mol.